The first-order valence-electron chi connectivity index (χ1n) is 7.94. The summed E-state index contributed by atoms with van der Waals surface area (Å²) in [6.45, 7) is 0.363. The number of pyridine rings is 1. The highest BCUT2D eigenvalue weighted by Gasteiger charge is 2.32. The topological polar surface area (TPSA) is 50.3 Å². The molecule has 0 saturated carbocycles. The fourth-order valence-corrected chi connectivity index (χ4v) is 4.00. The van der Waals surface area contributed by atoms with Gasteiger partial charge in [-0.2, -0.15) is 0 Å². The third kappa shape index (κ3) is 4.19. The van der Waals surface area contributed by atoms with Gasteiger partial charge >= 0.3 is 0 Å². The largest absolute Gasteiger partial charge is 0.278 e. The summed E-state index contributed by atoms with van der Waals surface area (Å²) in [5.41, 5.74) is 0.302. The van der Waals surface area contributed by atoms with Gasteiger partial charge in [-0.15, -0.1) is 0 Å². The molecule has 0 radical (unpaired) electrons. The van der Waals surface area contributed by atoms with Gasteiger partial charge in [0.15, 0.2) is 0 Å². The molecule has 4 nitrogen and oxygen atoms in total. The molecule has 0 bridgehead atoms. The van der Waals surface area contributed by atoms with Crippen LogP contribution in [0.15, 0.2) is 47.6 Å². The lowest BCUT2D eigenvalue weighted by molar-refractivity contribution is -0.127. The number of hydrogen-bond acceptors (Lipinski definition) is 4. The van der Waals surface area contributed by atoms with E-state index in [0.29, 0.717) is 28.6 Å². The average Bonchev–Trinajstić information content (AvgIpc) is 2.79. The second-order valence-corrected chi connectivity index (χ2v) is 7.29. The molecule has 0 spiro atoms. The number of rotatable bonds is 3. The van der Waals surface area contributed by atoms with Gasteiger partial charge in [-0.05, 0) is 49.2 Å². The van der Waals surface area contributed by atoms with Crippen molar-refractivity contribution in [3.8, 4) is 0 Å². The summed E-state index contributed by atoms with van der Waals surface area (Å²) in [5, 5.41) is 0.652. The lowest BCUT2D eigenvalue weighted by Gasteiger charge is -2.22. The van der Waals surface area contributed by atoms with Crippen LogP contribution < -0.4 is 0 Å². The van der Waals surface area contributed by atoms with Crippen LogP contribution in [0, 0.1) is 5.82 Å². The van der Waals surface area contributed by atoms with E-state index in [-0.39, 0.29) is 5.91 Å². The Kier molecular flexibility index (Phi) is 5.71. The highest BCUT2D eigenvalue weighted by molar-refractivity contribution is 8.00. The van der Waals surface area contributed by atoms with Crippen molar-refractivity contribution in [2.75, 3.05) is 6.54 Å². The number of halogens is 2. The maximum absolute atomic E-state index is 13.1. The number of nitrogens with zero attached hydrogens (tertiary/aromatic N) is 2. The Hall–Kier alpha value is -1.92. The fourth-order valence-electron chi connectivity index (χ4n) is 2.66. The minimum absolute atomic E-state index is 0.251. The van der Waals surface area contributed by atoms with Crippen molar-refractivity contribution in [2.24, 2.45) is 0 Å². The molecule has 7 heteroatoms. The zero-order chi connectivity index (χ0) is 17.8. The number of amides is 2. The molecular weight excluding hydrogens is 363 g/mol. The van der Waals surface area contributed by atoms with E-state index in [1.807, 2.05) is 0 Å². The summed E-state index contributed by atoms with van der Waals surface area (Å²) in [6, 6.07) is 8.68. The third-order valence-corrected chi connectivity index (χ3v) is 5.64. The van der Waals surface area contributed by atoms with Gasteiger partial charge in [0.25, 0.3) is 5.91 Å². The molecule has 0 unspecified atom stereocenters. The SMILES string of the molecule is O=C(c1ccc(F)cc1)N1CCCC[C@H](Sc2ncccc2Cl)C1=O. The summed E-state index contributed by atoms with van der Waals surface area (Å²) in [6.07, 6.45) is 3.85. The van der Waals surface area contributed by atoms with Gasteiger partial charge in [0, 0.05) is 18.3 Å². The van der Waals surface area contributed by atoms with E-state index in [0.717, 1.165) is 12.8 Å². The minimum Gasteiger partial charge on any atom is -0.278 e. The van der Waals surface area contributed by atoms with Crippen LogP contribution in [0.3, 0.4) is 0 Å². The van der Waals surface area contributed by atoms with E-state index in [2.05, 4.69) is 4.98 Å². The lowest BCUT2D eigenvalue weighted by atomic mass is 10.2. The molecule has 1 aromatic carbocycles. The molecule has 2 aromatic rings. The van der Waals surface area contributed by atoms with Gasteiger partial charge in [0.1, 0.15) is 10.8 Å². The van der Waals surface area contributed by atoms with Crippen molar-refractivity contribution in [1.82, 2.24) is 9.88 Å². The normalized spacial score (nSPS) is 18.1. The monoisotopic (exact) mass is 378 g/mol. The van der Waals surface area contributed by atoms with Gasteiger partial charge < -0.3 is 0 Å². The van der Waals surface area contributed by atoms with Crippen LogP contribution >= 0.6 is 23.4 Å². The molecule has 1 aliphatic heterocycles. The Morgan fingerprint density at radius 3 is 2.72 bits per heavy atom. The number of carbonyl (C=O) groups is 2. The third-order valence-electron chi connectivity index (χ3n) is 3.95. The van der Waals surface area contributed by atoms with E-state index in [9.17, 15) is 14.0 Å². The molecule has 0 N–H and O–H groups in total. The van der Waals surface area contributed by atoms with Gasteiger partial charge in [-0.3, -0.25) is 14.5 Å². The summed E-state index contributed by atoms with van der Waals surface area (Å²) >= 11 is 7.42. The molecule has 25 heavy (non-hydrogen) atoms. The van der Waals surface area contributed by atoms with Crippen LogP contribution in [0.25, 0.3) is 0 Å². The number of likely N-dealkylation sites (tertiary alicyclic amines) is 1. The predicted octanol–water partition coefficient (Wildman–Crippen LogP) is 4.19. The lowest BCUT2D eigenvalue weighted by Crippen LogP contribution is -2.41. The molecule has 1 fully saturated rings. The van der Waals surface area contributed by atoms with Crippen molar-refractivity contribution in [3.63, 3.8) is 0 Å². The number of hydrogen-bond donors (Lipinski definition) is 0. The first kappa shape index (κ1) is 17.9. The second-order valence-electron chi connectivity index (χ2n) is 5.69. The molecule has 1 aliphatic rings. The van der Waals surface area contributed by atoms with Gasteiger partial charge in [0.05, 0.1) is 10.3 Å². The molecule has 3 rings (SSSR count). The van der Waals surface area contributed by atoms with Crippen LogP contribution in [0.5, 0.6) is 0 Å². The number of imide groups is 1. The second kappa shape index (κ2) is 7.97. The van der Waals surface area contributed by atoms with Gasteiger partial charge in [-0.1, -0.05) is 29.8 Å². The Bertz CT molecular complexity index is 785. The maximum Gasteiger partial charge on any atom is 0.260 e. The first-order valence-corrected chi connectivity index (χ1v) is 9.20. The zero-order valence-electron chi connectivity index (χ0n) is 13.3. The number of benzene rings is 1. The average molecular weight is 379 g/mol. The number of carbonyl (C=O) groups excluding carboxylic acids is 2. The molecule has 1 aromatic heterocycles. The molecule has 130 valence electrons. The summed E-state index contributed by atoms with van der Waals surface area (Å²) in [5.74, 6) is -1.07. The zero-order valence-corrected chi connectivity index (χ0v) is 14.9. The van der Waals surface area contributed by atoms with Gasteiger partial charge in [0.2, 0.25) is 5.91 Å². The molecule has 0 aliphatic carbocycles. The van der Waals surface area contributed by atoms with Crippen molar-refractivity contribution < 1.29 is 14.0 Å². The fraction of sp³-hybridized carbons (Fsp3) is 0.278. The predicted molar refractivity (Wildman–Crippen MR) is 95.2 cm³/mol. The van der Waals surface area contributed by atoms with Crippen molar-refractivity contribution in [1.29, 1.82) is 0 Å². The van der Waals surface area contributed by atoms with E-state index in [1.54, 1.807) is 18.3 Å². The number of thioether (sulfide) groups is 1. The van der Waals surface area contributed by atoms with Crippen LogP contribution in [-0.2, 0) is 4.79 Å². The summed E-state index contributed by atoms with van der Waals surface area (Å²) in [7, 11) is 0. The Morgan fingerprint density at radius 1 is 1.24 bits per heavy atom. The standard InChI is InChI=1S/C18H16ClFN2O2S/c19-14-4-3-10-21-16(14)25-15-5-1-2-11-22(18(15)24)17(23)12-6-8-13(20)9-7-12/h3-4,6-10,15H,1-2,5,11H2/t15-/m0/s1. The quantitative estimate of drug-likeness (QED) is 0.751. The van der Waals surface area contributed by atoms with Crippen LogP contribution in [-0.4, -0.2) is 33.5 Å². The highest BCUT2D eigenvalue weighted by Crippen LogP contribution is 2.33. The maximum atomic E-state index is 13.1. The molecule has 1 atom stereocenters. The molecule has 1 saturated heterocycles. The molecule has 2 heterocycles. The number of aromatic nitrogens is 1. The van der Waals surface area contributed by atoms with Crippen molar-refractivity contribution in [3.05, 3.63) is 59.0 Å². The molecule has 2 amide bonds. The van der Waals surface area contributed by atoms with E-state index < -0.39 is 17.0 Å². The smallest absolute Gasteiger partial charge is 0.260 e. The van der Waals surface area contributed by atoms with E-state index in [4.69, 9.17) is 11.6 Å². The van der Waals surface area contributed by atoms with Gasteiger partial charge in [-0.25, -0.2) is 9.37 Å². The van der Waals surface area contributed by atoms with E-state index in [1.165, 1.54) is 40.9 Å². The van der Waals surface area contributed by atoms with Crippen LogP contribution in [0.4, 0.5) is 4.39 Å². The first-order chi connectivity index (χ1) is 12.1. The highest BCUT2D eigenvalue weighted by atomic mass is 35.5. The summed E-state index contributed by atoms with van der Waals surface area (Å²) < 4.78 is 13.1. The minimum atomic E-state index is -0.419. The summed E-state index contributed by atoms with van der Waals surface area (Å²) in [4.78, 5) is 31.0. The van der Waals surface area contributed by atoms with Crippen LogP contribution in [0.1, 0.15) is 29.6 Å². The Labute approximate surface area is 154 Å². The van der Waals surface area contributed by atoms with Crippen LogP contribution in [0.2, 0.25) is 5.02 Å². The molecular formula is C18H16ClFN2O2S. The Balaban J connectivity index is 1.80. The van der Waals surface area contributed by atoms with Crippen molar-refractivity contribution >= 4 is 35.2 Å². The van der Waals surface area contributed by atoms with E-state index >= 15 is 0 Å². The van der Waals surface area contributed by atoms with Crippen molar-refractivity contribution in [2.45, 2.75) is 29.5 Å². The Morgan fingerprint density at radius 2 is 2.00 bits per heavy atom.